The van der Waals surface area contributed by atoms with Crippen molar-refractivity contribution in [3.05, 3.63) is 47.9 Å². The van der Waals surface area contributed by atoms with Crippen LogP contribution in [0.4, 0.5) is 0 Å². The highest BCUT2D eigenvalue weighted by Crippen LogP contribution is 2.10. The van der Waals surface area contributed by atoms with Crippen LogP contribution < -0.4 is 4.72 Å². The molecule has 7 heteroatoms. The van der Waals surface area contributed by atoms with E-state index in [0.29, 0.717) is 6.54 Å². The van der Waals surface area contributed by atoms with Gasteiger partial charge in [-0.3, -0.25) is 0 Å². The van der Waals surface area contributed by atoms with Gasteiger partial charge in [0.25, 0.3) is 10.0 Å². The Hall–Kier alpha value is -1.18. The summed E-state index contributed by atoms with van der Waals surface area (Å²) in [6.07, 6.45) is 3.04. The Labute approximate surface area is 127 Å². The van der Waals surface area contributed by atoms with E-state index >= 15 is 0 Å². The Kier molecular flexibility index (Phi) is 4.95. The van der Waals surface area contributed by atoms with Crippen LogP contribution in [0.15, 0.2) is 41.8 Å². The first-order valence-corrected chi connectivity index (χ1v) is 8.81. The summed E-state index contributed by atoms with van der Waals surface area (Å²) < 4.78 is 28.4. The second-order valence-electron chi connectivity index (χ2n) is 4.32. The molecule has 0 bridgehead atoms. The molecule has 0 saturated carbocycles. The van der Waals surface area contributed by atoms with Crippen LogP contribution >= 0.6 is 15.9 Å². The summed E-state index contributed by atoms with van der Waals surface area (Å²) in [7, 11) is -3.55. The average molecular weight is 358 g/mol. The monoisotopic (exact) mass is 357 g/mol. The summed E-state index contributed by atoms with van der Waals surface area (Å²) in [6, 6.07) is 7.74. The zero-order chi connectivity index (χ0) is 14.6. The standard InChI is InChI=1S/C13H16BrN3O2S/c1-2-17-9-13(15-10-17)20(18,19)16-8-12-5-3-11(7-14)4-6-12/h3-6,9-10,16H,2,7-8H2,1H3. The lowest BCUT2D eigenvalue weighted by Crippen LogP contribution is -2.23. The number of rotatable bonds is 6. The number of aryl methyl sites for hydroxylation is 1. The van der Waals surface area contributed by atoms with E-state index in [-0.39, 0.29) is 11.6 Å². The number of halogens is 1. The van der Waals surface area contributed by atoms with Crippen molar-refractivity contribution in [3.63, 3.8) is 0 Å². The summed E-state index contributed by atoms with van der Waals surface area (Å²) in [6.45, 7) is 2.87. The highest BCUT2D eigenvalue weighted by molar-refractivity contribution is 9.08. The molecule has 0 radical (unpaired) electrons. The van der Waals surface area contributed by atoms with E-state index in [0.717, 1.165) is 16.5 Å². The van der Waals surface area contributed by atoms with E-state index in [1.165, 1.54) is 12.5 Å². The number of nitrogens with zero attached hydrogens (tertiary/aromatic N) is 2. The fourth-order valence-electron chi connectivity index (χ4n) is 1.65. The topological polar surface area (TPSA) is 64.0 Å². The van der Waals surface area contributed by atoms with Crippen LogP contribution in [0, 0.1) is 0 Å². The first kappa shape index (κ1) is 15.2. The summed E-state index contributed by atoms with van der Waals surface area (Å²) in [5.41, 5.74) is 2.06. The molecule has 0 saturated heterocycles. The molecular weight excluding hydrogens is 342 g/mol. The van der Waals surface area contributed by atoms with Gasteiger partial charge in [-0.2, -0.15) is 0 Å². The Balaban J connectivity index is 2.04. The average Bonchev–Trinajstić information content (AvgIpc) is 2.95. The molecule has 0 spiro atoms. The number of hydrogen-bond acceptors (Lipinski definition) is 3. The van der Waals surface area contributed by atoms with Gasteiger partial charge < -0.3 is 4.57 Å². The summed E-state index contributed by atoms with van der Waals surface area (Å²) in [5.74, 6) is 0. The molecule has 2 rings (SSSR count). The lowest BCUT2D eigenvalue weighted by atomic mass is 10.2. The van der Waals surface area contributed by atoms with Gasteiger partial charge in [-0.05, 0) is 18.1 Å². The largest absolute Gasteiger partial charge is 0.336 e. The van der Waals surface area contributed by atoms with E-state index in [9.17, 15) is 8.42 Å². The van der Waals surface area contributed by atoms with E-state index in [2.05, 4.69) is 25.6 Å². The molecular formula is C13H16BrN3O2S. The SMILES string of the molecule is CCn1cnc(S(=O)(=O)NCc2ccc(CBr)cc2)c1. The second kappa shape index (κ2) is 6.51. The van der Waals surface area contributed by atoms with Gasteiger partial charge in [0.1, 0.15) is 0 Å². The lowest BCUT2D eigenvalue weighted by Gasteiger charge is -2.05. The Morgan fingerprint density at radius 3 is 2.45 bits per heavy atom. The van der Waals surface area contributed by atoms with E-state index in [1.54, 1.807) is 4.57 Å². The number of aromatic nitrogens is 2. The van der Waals surface area contributed by atoms with Crippen molar-refractivity contribution in [2.24, 2.45) is 0 Å². The molecule has 1 aromatic heterocycles. The van der Waals surface area contributed by atoms with Crippen molar-refractivity contribution in [1.82, 2.24) is 14.3 Å². The van der Waals surface area contributed by atoms with Gasteiger partial charge >= 0.3 is 0 Å². The molecule has 0 aliphatic heterocycles. The molecule has 0 aliphatic rings. The summed E-state index contributed by atoms with van der Waals surface area (Å²) in [4.78, 5) is 3.90. The maximum atomic E-state index is 12.1. The third kappa shape index (κ3) is 3.68. The van der Waals surface area contributed by atoms with E-state index in [1.807, 2.05) is 31.2 Å². The lowest BCUT2D eigenvalue weighted by molar-refractivity contribution is 0.578. The van der Waals surface area contributed by atoms with Crippen molar-refractivity contribution in [2.45, 2.75) is 30.4 Å². The zero-order valence-electron chi connectivity index (χ0n) is 11.1. The Morgan fingerprint density at radius 2 is 1.90 bits per heavy atom. The summed E-state index contributed by atoms with van der Waals surface area (Å²) in [5, 5.41) is 0.837. The number of hydrogen-bond donors (Lipinski definition) is 1. The number of benzene rings is 1. The number of nitrogens with one attached hydrogen (secondary N) is 1. The van der Waals surface area contributed by atoms with Gasteiger partial charge in [0.2, 0.25) is 0 Å². The number of imidazole rings is 1. The van der Waals surface area contributed by atoms with Crippen LogP contribution in [-0.4, -0.2) is 18.0 Å². The molecule has 0 fully saturated rings. The van der Waals surface area contributed by atoms with Crippen LogP contribution in [-0.2, 0) is 28.4 Å². The van der Waals surface area contributed by atoms with Crippen LogP contribution in [0.2, 0.25) is 0 Å². The van der Waals surface area contributed by atoms with Crippen LogP contribution in [0.3, 0.4) is 0 Å². The van der Waals surface area contributed by atoms with Gasteiger partial charge in [-0.15, -0.1) is 0 Å². The molecule has 2 aromatic rings. The third-order valence-corrected chi connectivity index (χ3v) is 4.83. The highest BCUT2D eigenvalue weighted by Gasteiger charge is 2.16. The molecule has 0 atom stereocenters. The smallest absolute Gasteiger partial charge is 0.259 e. The Bertz CT molecular complexity index is 665. The normalized spacial score (nSPS) is 11.7. The van der Waals surface area contributed by atoms with Gasteiger partial charge in [0, 0.05) is 24.6 Å². The fraction of sp³-hybridized carbons (Fsp3) is 0.308. The predicted octanol–water partition coefficient (Wildman–Crippen LogP) is 2.28. The molecule has 0 aliphatic carbocycles. The molecule has 20 heavy (non-hydrogen) atoms. The predicted molar refractivity (Wildman–Crippen MR) is 81.0 cm³/mol. The first-order valence-electron chi connectivity index (χ1n) is 6.20. The quantitative estimate of drug-likeness (QED) is 0.806. The second-order valence-corrected chi connectivity index (χ2v) is 6.59. The van der Waals surface area contributed by atoms with Gasteiger partial charge in [0.15, 0.2) is 5.03 Å². The molecule has 1 aromatic carbocycles. The first-order chi connectivity index (χ1) is 9.55. The van der Waals surface area contributed by atoms with Crippen molar-refractivity contribution in [2.75, 3.05) is 0 Å². The molecule has 5 nitrogen and oxygen atoms in total. The Morgan fingerprint density at radius 1 is 1.25 bits per heavy atom. The van der Waals surface area contributed by atoms with Gasteiger partial charge in [-0.25, -0.2) is 18.1 Å². The maximum Gasteiger partial charge on any atom is 0.259 e. The third-order valence-electron chi connectivity index (χ3n) is 2.89. The minimum atomic E-state index is -3.55. The van der Waals surface area contributed by atoms with Crippen molar-refractivity contribution in [1.29, 1.82) is 0 Å². The van der Waals surface area contributed by atoms with Crippen molar-refractivity contribution < 1.29 is 8.42 Å². The zero-order valence-corrected chi connectivity index (χ0v) is 13.5. The van der Waals surface area contributed by atoms with Gasteiger partial charge in [-0.1, -0.05) is 40.2 Å². The molecule has 1 heterocycles. The fourth-order valence-corrected chi connectivity index (χ4v) is 2.99. The summed E-state index contributed by atoms with van der Waals surface area (Å²) >= 11 is 3.37. The van der Waals surface area contributed by atoms with Crippen LogP contribution in [0.5, 0.6) is 0 Å². The maximum absolute atomic E-state index is 12.1. The number of sulfonamides is 1. The minimum Gasteiger partial charge on any atom is -0.336 e. The number of alkyl halides is 1. The van der Waals surface area contributed by atoms with Crippen molar-refractivity contribution in [3.8, 4) is 0 Å². The molecule has 108 valence electrons. The molecule has 0 amide bonds. The van der Waals surface area contributed by atoms with Gasteiger partial charge in [0.05, 0.1) is 6.33 Å². The molecule has 0 unspecified atom stereocenters. The minimum absolute atomic E-state index is 0.0522. The van der Waals surface area contributed by atoms with Crippen molar-refractivity contribution >= 4 is 26.0 Å². The van der Waals surface area contributed by atoms with Crippen LogP contribution in [0.25, 0.3) is 0 Å². The van der Waals surface area contributed by atoms with E-state index < -0.39 is 10.0 Å². The van der Waals surface area contributed by atoms with E-state index in [4.69, 9.17) is 0 Å². The molecule has 1 N–H and O–H groups in total. The highest BCUT2D eigenvalue weighted by atomic mass is 79.9. The van der Waals surface area contributed by atoms with Crippen LogP contribution in [0.1, 0.15) is 18.1 Å².